The third kappa shape index (κ3) is 4.80. The van der Waals surface area contributed by atoms with Crippen molar-refractivity contribution in [2.45, 2.75) is 27.3 Å². The average molecular weight is 357 g/mol. The number of hydrogen-bond acceptors (Lipinski definition) is 5. The van der Waals surface area contributed by atoms with Gasteiger partial charge in [0.15, 0.2) is 0 Å². The third-order valence-electron chi connectivity index (χ3n) is 4.38. The summed E-state index contributed by atoms with van der Waals surface area (Å²) in [5.74, 6) is 0.271. The minimum Gasteiger partial charge on any atom is -0.507 e. The van der Waals surface area contributed by atoms with E-state index in [2.05, 4.69) is 24.4 Å². The van der Waals surface area contributed by atoms with E-state index >= 15 is 0 Å². The van der Waals surface area contributed by atoms with Crippen molar-refractivity contribution in [2.24, 2.45) is 5.10 Å². The molecule has 7 nitrogen and oxygen atoms in total. The molecule has 0 saturated carbocycles. The molecule has 0 aliphatic carbocycles. The molecule has 3 N–H and O–H groups in total. The molecule has 0 amide bonds. The zero-order valence-electron chi connectivity index (χ0n) is 15.3. The van der Waals surface area contributed by atoms with Crippen LogP contribution in [0.3, 0.4) is 0 Å². The molecular formula is C19H25N4O3+. The second kappa shape index (κ2) is 8.96. The fourth-order valence-corrected chi connectivity index (χ4v) is 2.66. The Balaban J connectivity index is 2.23. The maximum atomic E-state index is 11.1. The quantitative estimate of drug-likeness (QED) is 0.385. The molecule has 0 spiro atoms. The number of nitrogens with zero attached hydrogens (tertiary/aromatic N) is 2. The molecular weight excluding hydrogens is 332 g/mol. The maximum absolute atomic E-state index is 11.1. The Morgan fingerprint density at radius 2 is 1.92 bits per heavy atom. The van der Waals surface area contributed by atoms with Gasteiger partial charge >= 0.3 is 0 Å². The number of anilines is 1. The molecule has 138 valence electrons. The van der Waals surface area contributed by atoms with Gasteiger partial charge in [0.2, 0.25) is 0 Å². The molecule has 2 aromatic rings. The molecule has 7 heteroatoms. The van der Waals surface area contributed by atoms with Crippen molar-refractivity contribution in [2.75, 3.05) is 18.5 Å². The first-order chi connectivity index (χ1) is 12.5. The maximum Gasteiger partial charge on any atom is 0.294 e. The van der Waals surface area contributed by atoms with E-state index in [-0.39, 0.29) is 11.4 Å². The van der Waals surface area contributed by atoms with E-state index in [1.54, 1.807) is 30.3 Å². The first kappa shape index (κ1) is 19.4. The van der Waals surface area contributed by atoms with E-state index in [1.165, 1.54) is 11.0 Å². The van der Waals surface area contributed by atoms with E-state index in [4.69, 9.17) is 0 Å². The molecule has 2 rings (SSSR count). The van der Waals surface area contributed by atoms with Crippen LogP contribution >= 0.6 is 0 Å². The number of benzene rings is 2. The lowest BCUT2D eigenvalue weighted by Gasteiger charge is -2.16. The van der Waals surface area contributed by atoms with Gasteiger partial charge in [0.1, 0.15) is 18.0 Å². The molecule has 0 aromatic heterocycles. The van der Waals surface area contributed by atoms with Crippen molar-refractivity contribution >= 4 is 17.1 Å². The molecule has 0 heterocycles. The average Bonchev–Trinajstić information content (AvgIpc) is 2.65. The summed E-state index contributed by atoms with van der Waals surface area (Å²) in [5.41, 5.74) is 5.48. The van der Waals surface area contributed by atoms with Gasteiger partial charge in [-0.2, -0.15) is 5.10 Å². The lowest BCUT2D eigenvalue weighted by molar-refractivity contribution is -0.910. The number of hydrogen-bond donors (Lipinski definition) is 3. The predicted octanol–water partition coefficient (Wildman–Crippen LogP) is 2.56. The number of quaternary nitrogens is 1. The van der Waals surface area contributed by atoms with Crippen LogP contribution in [0.5, 0.6) is 5.75 Å². The van der Waals surface area contributed by atoms with Crippen molar-refractivity contribution in [3.05, 3.63) is 63.7 Å². The monoisotopic (exact) mass is 357 g/mol. The Labute approximate surface area is 153 Å². The minimum absolute atomic E-state index is 0.0272. The second-order valence-corrected chi connectivity index (χ2v) is 6.06. The summed E-state index contributed by atoms with van der Waals surface area (Å²) >= 11 is 0. The van der Waals surface area contributed by atoms with Crippen molar-refractivity contribution in [3.8, 4) is 5.75 Å². The Hall–Kier alpha value is -2.93. The Bertz CT molecular complexity index is 801. The summed E-state index contributed by atoms with van der Waals surface area (Å²) in [4.78, 5) is 12.0. The van der Waals surface area contributed by atoms with E-state index in [9.17, 15) is 15.2 Å². The molecule has 0 aliphatic rings. The van der Waals surface area contributed by atoms with Gasteiger partial charge in [-0.25, -0.2) is 0 Å². The number of aromatic hydroxyl groups is 1. The van der Waals surface area contributed by atoms with Gasteiger partial charge in [-0.3, -0.25) is 15.5 Å². The van der Waals surface area contributed by atoms with Gasteiger partial charge in [-0.05, 0) is 50.6 Å². The molecule has 0 radical (unpaired) electrons. The highest BCUT2D eigenvalue weighted by atomic mass is 16.6. The number of para-hydroxylation sites is 2. The highest BCUT2D eigenvalue weighted by Crippen LogP contribution is 2.23. The fourth-order valence-electron chi connectivity index (χ4n) is 2.66. The standard InChI is InChI=1S/C19H24N4O3/c1-4-22(5-2)13-16-12-15(10-11-19(16)24)14(3)20-21-17-8-6-7-9-18(17)23(25)26/h6-12,21,24H,4-5,13H2,1-3H3/p+1/b20-14+. The lowest BCUT2D eigenvalue weighted by Crippen LogP contribution is -3.10. The zero-order valence-corrected chi connectivity index (χ0v) is 15.3. The van der Waals surface area contributed by atoms with Crippen LogP contribution in [0, 0.1) is 10.1 Å². The van der Waals surface area contributed by atoms with Gasteiger partial charge in [-0.1, -0.05) is 12.1 Å². The van der Waals surface area contributed by atoms with Crippen molar-refractivity contribution in [1.29, 1.82) is 0 Å². The van der Waals surface area contributed by atoms with Crippen LogP contribution in [-0.2, 0) is 6.54 Å². The van der Waals surface area contributed by atoms with Crippen LogP contribution < -0.4 is 10.3 Å². The summed E-state index contributed by atoms with van der Waals surface area (Å²) in [6.45, 7) is 8.74. The molecule has 0 atom stereocenters. The molecule has 0 fully saturated rings. The predicted molar refractivity (Wildman–Crippen MR) is 103 cm³/mol. The largest absolute Gasteiger partial charge is 0.507 e. The smallest absolute Gasteiger partial charge is 0.294 e. The Morgan fingerprint density at radius 3 is 2.58 bits per heavy atom. The highest BCUT2D eigenvalue weighted by Gasteiger charge is 2.13. The molecule has 0 saturated heterocycles. The SMILES string of the molecule is CC[NH+](CC)Cc1cc(/C(C)=N/Nc2ccccc2[N+](=O)[O-])ccc1O. The van der Waals surface area contributed by atoms with E-state index in [1.807, 2.05) is 13.0 Å². The van der Waals surface area contributed by atoms with Crippen LogP contribution in [0.4, 0.5) is 11.4 Å². The molecule has 0 unspecified atom stereocenters. The summed E-state index contributed by atoms with van der Waals surface area (Å²) in [5, 5.41) is 25.5. The Kier molecular flexibility index (Phi) is 6.68. The Morgan fingerprint density at radius 1 is 1.23 bits per heavy atom. The second-order valence-electron chi connectivity index (χ2n) is 6.06. The van der Waals surface area contributed by atoms with Crippen LogP contribution in [0.1, 0.15) is 31.9 Å². The highest BCUT2D eigenvalue weighted by molar-refractivity contribution is 5.99. The topological polar surface area (TPSA) is 92.2 Å². The first-order valence-electron chi connectivity index (χ1n) is 8.65. The third-order valence-corrected chi connectivity index (χ3v) is 4.38. The molecule has 0 aliphatic heterocycles. The van der Waals surface area contributed by atoms with E-state index in [0.717, 1.165) is 30.8 Å². The van der Waals surface area contributed by atoms with Gasteiger partial charge in [0, 0.05) is 11.6 Å². The number of hydrazone groups is 1. The lowest BCUT2D eigenvalue weighted by atomic mass is 10.1. The van der Waals surface area contributed by atoms with E-state index in [0.29, 0.717) is 11.4 Å². The first-order valence-corrected chi connectivity index (χ1v) is 8.65. The fraction of sp³-hybridized carbons (Fsp3) is 0.316. The number of nitro groups is 1. The summed E-state index contributed by atoms with van der Waals surface area (Å²) in [6.07, 6.45) is 0. The van der Waals surface area contributed by atoms with Gasteiger partial charge < -0.3 is 10.0 Å². The molecule has 2 aromatic carbocycles. The summed E-state index contributed by atoms with van der Waals surface area (Å²) in [7, 11) is 0. The zero-order chi connectivity index (χ0) is 19.1. The van der Waals surface area contributed by atoms with Crippen LogP contribution in [0.15, 0.2) is 47.6 Å². The van der Waals surface area contributed by atoms with E-state index < -0.39 is 4.92 Å². The van der Waals surface area contributed by atoms with Gasteiger partial charge in [0.05, 0.1) is 23.7 Å². The number of nitro benzene ring substituents is 1. The number of phenolic OH excluding ortho intramolecular Hbond substituents is 1. The molecule has 0 bridgehead atoms. The van der Waals surface area contributed by atoms with Crippen molar-refractivity contribution in [1.82, 2.24) is 0 Å². The number of phenols is 1. The number of nitrogens with one attached hydrogen (secondary N) is 2. The van der Waals surface area contributed by atoms with Crippen LogP contribution in [0.2, 0.25) is 0 Å². The summed E-state index contributed by atoms with van der Waals surface area (Å²) in [6, 6.07) is 11.7. The van der Waals surface area contributed by atoms with Crippen LogP contribution in [-0.4, -0.2) is 28.8 Å². The van der Waals surface area contributed by atoms with Crippen LogP contribution in [0.25, 0.3) is 0 Å². The normalized spacial score (nSPS) is 11.6. The molecule has 26 heavy (non-hydrogen) atoms. The summed E-state index contributed by atoms with van der Waals surface area (Å²) < 4.78 is 0. The van der Waals surface area contributed by atoms with Crippen molar-refractivity contribution in [3.63, 3.8) is 0 Å². The van der Waals surface area contributed by atoms with Gasteiger partial charge in [0.25, 0.3) is 5.69 Å². The number of rotatable bonds is 8. The minimum atomic E-state index is -0.446. The van der Waals surface area contributed by atoms with Gasteiger partial charge in [-0.15, -0.1) is 0 Å². The van der Waals surface area contributed by atoms with Crippen molar-refractivity contribution < 1.29 is 14.9 Å².